The highest BCUT2D eigenvalue weighted by Gasteiger charge is 2.10. The van der Waals surface area contributed by atoms with Crippen LogP contribution in [0.15, 0.2) is 24.3 Å². The summed E-state index contributed by atoms with van der Waals surface area (Å²) in [6.45, 7) is 0. The van der Waals surface area contributed by atoms with Gasteiger partial charge in [0.05, 0.1) is 11.3 Å². The Hall–Kier alpha value is -1.53. The Morgan fingerprint density at radius 1 is 1.54 bits per heavy atom. The number of carbonyl (C=O) groups is 1. The summed E-state index contributed by atoms with van der Waals surface area (Å²) < 4.78 is 0. The van der Waals surface area contributed by atoms with Crippen LogP contribution in [0.2, 0.25) is 0 Å². The van der Waals surface area contributed by atoms with E-state index in [-0.39, 0.29) is 0 Å². The first kappa shape index (κ1) is 9.56. The summed E-state index contributed by atoms with van der Waals surface area (Å²) >= 11 is 5.27. The number of para-hydroxylation sites is 1. The Labute approximate surface area is 81.1 Å². The van der Waals surface area contributed by atoms with Crippen molar-refractivity contribution < 1.29 is 4.79 Å². The minimum atomic E-state index is -0.609. The molecule has 0 saturated carbocycles. The highest BCUT2D eigenvalue weighted by atomic mass is 35.5. The van der Waals surface area contributed by atoms with Crippen molar-refractivity contribution in [2.75, 3.05) is 11.9 Å². The Morgan fingerprint density at radius 2 is 2.15 bits per heavy atom. The number of halogens is 1. The number of nitrogens with zero attached hydrogens (tertiary/aromatic N) is 2. The molecule has 0 heterocycles. The largest absolute Gasteiger partial charge is 0.320 e. The average molecular weight is 195 g/mol. The van der Waals surface area contributed by atoms with Crippen molar-refractivity contribution in [3.05, 3.63) is 29.8 Å². The standard InChI is InChI=1S/C9H7ClN2O/c1-12(9(10)13)8-5-3-2-4-7(8)6-11/h2-5H,1H3. The zero-order chi connectivity index (χ0) is 9.84. The maximum Gasteiger partial charge on any atom is 0.320 e. The molecular weight excluding hydrogens is 188 g/mol. The van der Waals surface area contributed by atoms with Crippen LogP contribution in [-0.2, 0) is 0 Å². The van der Waals surface area contributed by atoms with Crippen molar-refractivity contribution in [2.45, 2.75) is 0 Å². The minimum absolute atomic E-state index is 0.430. The highest BCUT2D eigenvalue weighted by molar-refractivity contribution is 6.66. The fourth-order valence-electron chi connectivity index (χ4n) is 0.955. The Morgan fingerprint density at radius 3 is 2.69 bits per heavy atom. The molecule has 13 heavy (non-hydrogen) atoms. The molecular formula is C9H7ClN2O. The molecule has 0 spiro atoms. The molecule has 0 N–H and O–H groups in total. The van der Waals surface area contributed by atoms with E-state index in [1.54, 1.807) is 24.3 Å². The van der Waals surface area contributed by atoms with Gasteiger partial charge in [0.15, 0.2) is 0 Å². The van der Waals surface area contributed by atoms with Crippen molar-refractivity contribution in [1.29, 1.82) is 5.26 Å². The van der Waals surface area contributed by atoms with E-state index in [9.17, 15) is 4.79 Å². The highest BCUT2D eigenvalue weighted by Crippen LogP contribution is 2.18. The van der Waals surface area contributed by atoms with Gasteiger partial charge >= 0.3 is 5.37 Å². The monoisotopic (exact) mass is 194 g/mol. The van der Waals surface area contributed by atoms with Gasteiger partial charge in [0.25, 0.3) is 0 Å². The van der Waals surface area contributed by atoms with E-state index in [4.69, 9.17) is 16.9 Å². The molecule has 0 unspecified atom stereocenters. The third-order valence-corrected chi connectivity index (χ3v) is 1.90. The van der Waals surface area contributed by atoms with Crippen LogP contribution in [0.3, 0.4) is 0 Å². The minimum Gasteiger partial charge on any atom is -0.301 e. The quantitative estimate of drug-likeness (QED) is 0.509. The van der Waals surface area contributed by atoms with Crippen molar-refractivity contribution in [1.82, 2.24) is 0 Å². The number of benzene rings is 1. The fraction of sp³-hybridized carbons (Fsp3) is 0.111. The third-order valence-electron chi connectivity index (χ3n) is 1.65. The van der Waals surface area contributed by atoms with Crippen molar-refractivity contribution in [3.8, 4) is 6.07 Å². The summed E-state index contributed by atoms with van der Waals surface area (Å²) in [5.41, 5.74) is 0.948. The van der Waals surface area contributed by atoms with Crippen molar-refractivity contribution in [2.24, 2.45) is 0 Å². The van der Waals surface area contributed by atoms with Gasteiger partial charge in [0, 0.05) is 7.05 Å². The molecule has 1 aromatic rings. The molecule has 0 aromatic heterocycles. The van der Waals surface area contributed by atoms with E-state index in [1.807, 2.05) is 6.07 Å². The average Bonchev–Trinajstić information content (AvgIpc) is 2.16. The summed E-state index contributed by atoms with van der Waals surface area (Å²) in [6, 6.07) is 8.75. The van der Waals surface area contributed by atoms with Crippen LogP contribution in [-0.4, -0.2) is 12.4 Å². The molecule has 1 rings (SSSR count). The summed E-state index contributed by atoms with van der Waals surface area (Å²) in [4.78, 5) is 12.0. The van der Waals surface area contributed by atoms with Crippen LogP contribution in [0.25, 0.3) is 0 Å². The number of hydrogen-bond acceptors (Lipinski definition) is 2. The van der Waals surface area contributed by atoms with Crippen LogP contribution in [0.4, 0.5) is 10.5 Å². The summed E-state index contributed by atoms with van der Waals surface area (Å²) in [5.74, 6) is 0. The molecule has 1 aromatic carbocycles. The van der Waals surface area contributed by atoms with Crippen LogP contribution in [0.1, 0.15) is 5.56 Å². The molecule has 0 fully saturated rings. The molecule has 0 aliphatic rings. The Balaban J connectivity index is 3.15. The lowest BCUT2D eigenvalue weighted by molar-refractivity contribution is 0.265. The SMILES string of the molecule is CN(C(=O)Cl)c1ccccc1C#N. The van der Waals surface area contributed by atoms with Gasteiger partial charge in [-0.15, -0.1) is 0 Å². The van der Waals surface area contributed by atoms with Crippen molar-refractivity contribution in [3.63, 3.8) is 0 Å². The summed E-state index contributed by atoms with van der Waals surface area (Å²) in [7, 11) is 1.52. The maximum atomic E-state index is 10.8. The first-order valence-corrected chi connectivity index (χ1v) is 3.97. The Kier molecular flexibility index (Phi) is 2.88. The molecule has 4 heteroatoms. The van der Waals surface area contributed by atoms with Crippen LogP contribution < -0.4 is 4.90 Å². The van der Waals surface area contributed by atoms with Gasteiger partial charge in [-0.05, 0) is 23.7 Å². The van der Waals surface area contributed by atoms with E-state index in [0.29, 0.717) is 11.3 Å². The van der Waals surface area contributed by atoms with E-state index >= 15 is 0 Å². The van der Waals surface area contributed by atoms with Gasteiger partial charge in [-0.3, -0.25) is 4.79 Å². The topological polar surface area (TPSA) is 44.1 Å². The maximum absolute atomic E-state index is 10.8. The van der Waals surface area contributed by atoms with E-state index < -0.39 is 5.37 Å². The summed E-state index contributed by atoms with van der Waals surface area (Å²) in [5, 5.41) is 8.11. The van der Waals surface area contributed by atoms with Gasteiger partial charge in [0.1, 0.15) is 6.07 Å². The molecule has 0 radical (unpaired) electrons. The van der Waals surface area contributed by atoms with E-state index in [2.05, 4.69) is 0 Å². The molecule has 0 atom stereocenters. The number of hydrogen-bond donors (Lipinski definition) is 0. The third kappa shape index (κ3) is 1.98. The summed E-state index contributed by atoms with van der Waals surface area (Å²) in [6.07, 6.45) is 0. The number of rotatable bonds is 1. The normalized spacial score (nSPS) is 9.00. The van der Waals surface area contributed by atoms with Gasteiger partial charge in [-0.25, -0.2) is 0 Å². The lowest BCUT2D eigenvalue weighted by Crippen LogP contribution is -2.20. The van der Waals surface area contributed by atoms with E-state index in [1.165, 1.54) is 11.9 Å². The van der Waals surface area contributed by atoms with Gasteiger partial charge in [-0.2, -0.15) is 5.26 Å². The predicted molar refractivity (Wildman–Crippen MR) is 50.8 cm³/mol. The van der Waals surface area contributed by atoms with Crippen LogP contribution in [0, 0.1) is 11.3 Å². The molecule has 3 nitrogen and oxygen atoms in total. The first-order chi connectivity index (χ1) is 6.16. The lowest BCUT2D eigenvalue weighted by atomic mass is 10.2. The zero-order valence-corrected chi connectivity index (χ0v) is 7.75. The molecule has 1 amide bonds. The smallest absolute Gasteiger partial charge is 0.301 e. The Bertz CT molecular complexity index is 370. The molecule has 0 saturated heterocycles. The van der Waals surface area contributed by atoms with Gasteiger partial charge in [0.2, 0.25) is 0 Å². The zero-order valence-electron chi connectivity index (χ0n) is 6.99. The second-order valence-electron chi connectivity index (χ2n) is 2.44. The first-order valence-electron chi connectivity index (χ1n) is 3.59. The lowest BCUT2D eigenvalue weighted by Gasteiger charge is -2.14. The number of carbonyl (C=O) groups excluding carboxylic acids is 1. The van der Waals surface area contributed by atoms with Gasteiger partial charge < -0.3 is 4.90 Å². The predicted octanol–water partition coefficient (Wildman–Crippen LogP) is 2.35. The molecule has 66 valence electrons. The van der Waals surface area contributed by atoms with E-state index in [0.717, 1.165) is 0 Å². The van der Waals surface area contributed by atoms with Crippen LogP contribution >= 0.6 is 11.6 Å². The van der Waals surface area contributed by atoms with Crippen molar-refractivity contribution >= 4 is 22.7 Å². The fourth-order valence-corrected chi connectivity index (χ4v) is 1.05. The second kappa shape index (κ2) is 3.92. The number of nitriles is 1. The number of anilines is 1. The van der Waals surface area contributed by atoms with Gasteiger partial charge in [-0.1, -0.05) is 12.1 Å². The molecule has 0 bridgehead atoms. The van der Waals surface area contributed by atoms with Crippen LogP contribution in [0.5, 0.6) is 0 Å². The number of amides is 1. The molecule has 0 aliphatic carbocycles. The molecule has 0 aliphatic heterocycles. The second-order valence-corrected chi connectivity index (χ2v) is 2.76.